The first kappa shape index (κ1) is 12.0. The molecule has 0 saturated carbocycles. The summed E-state index contributed by atoms with van der Waals surface area (Å²) >= 11 is 0. The van der Waals surface area contributed by atoms with Gasteiger partial charge in [0.1, 0.15) is 0 Å². The van der Waals surface area contributed by atoms with Crippen molar-refractivity contribution in [3.8, 4) is 0 Å². The molecule has 0 amide bonds. The summed E-state index contributed by atoms with van der Waals surface area (Å²) in [6, 6.07) is 0. The lowest BCUT2D eigenvalue weighted by Gasteiger charge is -2.10. The summed E-state index contributed by atoms with van der Waals surface area (Å²) in [5.74, 6) is 0.855. The van der Waals surface area contributed by atoms with Crippen LogP contribution in [0.4, 0.5) is 0 Å². The van der Waals surface area contributed by atoms with Crippen molar-refractivity contribution in [2.75, 3.05) is 19.7 Å². The normalized spacial score (nSPS) is 22.1. The van der Waals surface area contributed by atoms with Crippen LogP contribution in [0.15, 0.2) is 0 Å². The topological polar surface area (TPSA) is 21.3 Å². The van der Waals surface area contributed by atoms with Crippen molar-refractivity contribution in [3.05, 3.63) is 0 Å². The van der Waals surface area contributed by atoms with E-state index in [1.807, 2.05) is 0 Å². The van der Waals surface area contributed by atoms with Crippen molar-refractivity contribution < 1.29 is 4.74 Å². The third-order valence-corrected chi connectivity index (χ3v) is 2.78. The van der Waals surface area contributed by atoms with Crippen LogP contribution in [0.25, 0.3) is 0 Å². The highest BCUT2D eigenvalue weighted by atomic mass is 16.5. The molecule has 1 N–H and O–H groups in total. The van der Waals surface area contributed by atoms with Crippen molar-refractivity contribution >= 4 is 0 Å². The van der Waals surface area contributed by atoms with Crippen LogP contribution in [0.2, 0.25) is 0 Å². The molecular formula is C12H25NO. The molecule has 0 aliphatic carbocycles. The maximum atomic E-state index is 5.54. The van der Waals surface area contributed by atoms with Gasteiger partial charge in [-0.3, -0.25) is 0 Å². The Morgan fingerprint density at radius 2 is 2.21 bits per heavy atom. The minimum Gasteiger partial charge on any atom is -0.377 e. The zero-order chi connectivity index (χ0) is 10.2. The SMILES string of the molecule is CC(C)CCCCNC[C@@H]1CCCO1. The second kappa shape index (κ2) is 7.24. The average Bonchev–Trinajstić information content (AvgIpc) is 2.63. The smallest absolute Gasteiger partial charge is 0.0700 e. The van der Waals surface area contributed by atoms with E-state index < -0.39 is 0 Å². The molecule has 1 saturated heterocycles. The molecule has 1 heterocycles. The minimum absolute atomic E-state index is 0.500. The van der Waals surface area contributed by atoms with Crippen LogP contribution in [-0.2, 0) is 4.74 Å². The van der Waals surface area contributed by atoms with Gasteiger partial charge in [-0.2, -0.15) is 0 Å². The van der Waals surface area contributed by atoms with Crippen molar-refractivity contribution in [1.29, 1.82) is 0 Å². The largest absolute Gasteiger partial charge is 0.377 e. The molecule has 0 unspecified atom stereocenters. The fourth-order valence-electron chi connectivity index (χ4n) is 1.87. The van der Waals surface area contributed by atoms with Gasteiger partial charge in [0.05, 0.1) is 6.10 Å². The Balaban J connectivity index is 1.79. The Hall–Kier alpha value is -0.0800. The van der Waals surface area contributed by atoms with Crippen LogP contribution in [0.1, 0.15) is 46.0 Å². The van der Waals surface area contributed by atoms with E-state index in [9.17, 15) is 0 Å². The van der Waals surface area contributed by atoms with Gasteiger partial charge in [0, 0.05) is 13.2 Å². The van der Waals surface area contributed by atoms with Crippen LogP contribution < -0.4 is 5.32 Å². The zero-order valence-corrected chi connectivity index (χ0v) is 9.72. The predicted molar refractivity (Wildman–Crippen MR) is 60.5 cm³/mol. The van der Waals surface area contributed by atoms with Crippen molar-refractivity contribution in [1.82, 2.24) is 5.32 Å². The maximum absolute atomic E-state index is 5.54. The monoisotopic (exact) mass is 199 g/mol. The van der Waals surface area contributed by atoms with Crippen molar-refractivity contribution in [2.24, 2.45) is 5.92 Å². The summed E-state index contributed by atoms with van der Waals surface area (Å²) in [4.78, 5) is 0. The van der Waals surface area contributed by atoms with Crippen LogP contribution in [0.5, 0.6) is 0 Å². The molecule has 0 radical (unpaired) electrons. The van der Waals surface area contributed by atoms with E-state index in [0.29, 0.717) is 6.10 Å². The lowest BCUT2D eigenvalue weighted by molar-refractivity contribution is 0.110. The summed E-state index contributed by atoms with van der Waals surface area (Å²) in [5, 5.41) is 3.48. The lowest BCUT2D eigenvalue weighted by atomic mass is 10.1. The number of hydrogen-bond acceptors (Lipinski definition) is 2. The van der Waals surface area contributed by atoms with E-state index in [1.165, 1.54) is 32.1 Å². The van der Waals surface area contributed by atoms with Gasteiger partial charge in [-0.05, 0) is 31.7 Å². The van der Waals surface area contributed by atoms with Gasteiger partial charge in [-0.15, -0.1) is 0 Å². The first-order valence-corrected chi connectivity index (χ1v) is 6.11. The highest BCUT2D eigenvalue weighted by molar-refractivity contribution is 4.67. The molecule has 1 rings (SSSR count). The fraction of sp³-hybridized carbons (Fsp3) is 1.00. The first-order chi connectivity index (χ1) is 6.79. The van der Waals surface area contributed by atoms with E-state index in [0.717, 1.165) is 25.6 Å². The molecule has 2 nitrogen and oxygen atoms in total. The minimum atomic E-state index is 0.500. The molecule has 0 aromatic rings. The van der Waals surface area contributed by atoms with E-state index in [4.69, 9.17) is 4.74 Å². The Morgan fingerprint density at radius 3 is 2.86 bits per heavy atom. The second-order valence-electron chi connectivity index (χ2n) is 4.73. The molecule has 1 atom stereocenters. The summed E-state index contributed by atoms with van der Waals surface area (Å²) in [5.41, 5.74) is 0. The predicted octanol–water partition coefficient (Wildman–Crippen LogP) is 2.58. The summed E-state index contributed by atoms with van der Waals surface area (Å²) < 4.78 is 5.54. The van der Waals surface area contributed by atoms with Crippen LogP contribution in [0.3, 0.4) is 0 Å². The molecule has 1 aliphatic rings. The van der Waals surface area contributed by atoms with Gasteiger partial charge in [0.2, 0.25) is 0 Å². The highest BCUT2D eigenvalue weighted by Gasteiger charge is 2.13. The molecule has 2 heteroatoms. The molecule has 0 aromatic carbocycles. The highest BCUT2D eigenvalue weighted by Crippen LogP contribution is 2.10. The quantitative estimate of drug-likeness (QED) is 0.636. The summed E-state index contributed by atoms with van der Waals surface area (Å²) in [6.07, 6.45) is 7.03. The van der Waals surface area contributed by atoms with E-state index >= 15 is 0 Å². The number of rotatable bonds is 7. The van der Waals surface area contributed by atoms with Gasteiger partial charge in [-0.1, -0.05) is 26.7 Å². The van der Waals surface area contributed by atoms with Crippen LogP contribution in [0, 0.1) is 5.92 Å². The zero-order valence-electron chi connectivity index (χ0n) is 9.72. The van der Waals surface area contributed by atoms with E-state index in [-0.39, 0.29) is 0 Å². The molecule has 14 heavy (non-hydrogen) atoms. The van der Waals surface area contributed by atoms with Gasteiger partial charge < -0.3 is 10.1 Å². The standard InChI is InChI=1S/C12H25NO/c1-11(2)6-3-4-8-13-10-12-7-5-9-14-12/h11-13H,3-10H2,1-2H3/t12-/m0/s1. The summed E-state index contributed by atoms with van der Waals surface area (Å²) in [6.45, 7) is 7.77. The number of hydrogen-bond donors (Lipinski definition) is 1. The Kier molecular flexibility index (Phi) is 6.20. The van der Waals surface area contributed by atoms with Gasteiger partial charge >= 0.3 is 0 Å². The summed E-state index contributed by atoms with van der Waals surface area (Å²) in [7, 11) is 0. The third-order valence-electron chi connectivity index (χ3n) is 2.78. The average molecular weight is 199 g/mol. The first-order valence-electron chi connectivity index (χ1n) is 6.11. The van der Waals surface area contributed by atoms with Gasteiger partial charge in [0.25, 0.3) is 0 Å². The Bertz CT molecular complexity index is 130. The van der Waals surface area contributed by atoms with Crippen molar-refractivity contribution in [2.45, 2.75) is 52.1 Å². The number of nitrogens with one attached hydrogen (secondary N) is 1. The molecule has 84 valence electrons. The van der Waals surface area contributed by atoms with Crippen LogP contribution in [-0.4, -0.2) is 25.8 Å². The molecule has 0 bridgehead atoms. The molecule has 0 spiro atoms. The van der Waals surface area contributed by atoms with Crippen molar-refractivity contribution in [3.63, 3.8) is 0 Å². The molecule has 1 aliphatic heterocycles. The Labute approximate surface area is 88.4 Å². The second-order valence-corrected chi connectivity index (χ2v) is 4.73. The third kappa shape index (κ3) is 5.61. The molecule has 0 aromatic heterocycles. The number of ether oxygens (including phenoxy) is 1. The fourth-order valence-corrected chi connectivity index (χ4v) is 1.87. The van der Waals surface area contributed by atoms with Crippen LogP contribution >= 0.6 is 0 Å². The maximum Gasteiger partial charge on any atom is 0.0700 e. The Morgan fingerprint density at radius 1 is 1.36 bits per heavy atom. The molecular weight excluding hydrogens is 174 g/mol. The van der Waals surface area contributed by atoms with E-state index in [1.54, 1.807) is 0 Å². The molecule has 1 fully saturated rings. The van der Waals surface area contributed by atoms with E-state index in [2.05, 4.69) is 19.2 Å². The van der Waals surface area contributed by atoms with Gasteiger partial charge in [0.15, 0.2) is 0 Å². The number of unbranched alkanes of at least 4 members (excludes halogenated alkanes) is 1. The lowest BCUT2D eigenvalue weighted by Crippen LogP contribution is -2.27. The van der Waals surface area contributed by atoms with Gasteiger partial charge in [-0.25, -0.2) is 0 Å².